The first-order chi connectivity index (χ1) is 17.6. The van der Waals surface area contributed by atoms with Crippen molar-refractivity contribution in [3.05, 3.63) is 47.7 Å². The fraction of sp³-hybridized carbons (Fsp3) is 0.417. The van der Waals surface area contributed by atoms with Gasteiger partial charge < -0.3 is 24.2 Å². The van der Waals surface area contributed by atoms with Gasteiger partial charge in [-0.25, -0.2) is 0 Å². The second-order valence-electron chi connectivity index (χ2n) is 8.60. The lowest BCUT2D eigenvalue weighted by molar-refractivity contribution is 0.170. The monoisotopic (exact) mass is 491 g/mol. The van der Waals surface area contributed by atoms with Gasteiger partial charge in [-0.2, -0.15) is 15.1 Å². The largest absolute Gasteiger partial charge is 0.477 e. The van der Waals surface area contributed by atoms with Gasteiger partial charge in [0.1, 0.15) is 17.2 Å². The number of anilines is 3. The van der Waals surface area contributed by atoms with E-state index in [-0.39, 0.29) is 6.04 Å². The molecule has 1 atom stereocenters. The minimum Gasteiger partial charge on any atom is -0.477 e. The lowest BCUT2D eigenvalue weighted by atomic mass is 10.1. The third-order valence-corrected chi connectivity index (χ3v) is 5.89. The molecular formula is C24H29N9O3. The summed E-state index contributed by atoms with van der Waals surface area (Å²) in [5, 5.41) is 14.7. The van der Waals surface area contributed by atoms with Crippen molar-refractivity contribution in [2.75, 3.05) is 37.1 Å². The summed E-state index contributed by atoms with van der Waals surface area (Å²) in [4.78, 5) is 20.3. The molecule has 12 nitrogen and oxygen atoms in total. The van der Waals surface area contributed by atoms with Crippen molar-refractivity contribution in [3.63, 3.8) is 0 Å². The van der Waals surface area contributed by atoms with Crippen LogP contribution in [-0.4, -0.2) is 62.2 Å². The highest BCUT2D eigenvalue weighted by Crippen LogP contribution is 2.37. The van der Waals surface area contributed by atoms with Crippen LogP contribution in [0.25, 0.3) is 11.4 Å². The van der Waals surface area contributed by atoms with Gasteiger partial charge in [0.05, 0.1) is 18.3 Å². The summed E-state index contributed by atoms with van der Waals surface area (Å²) < 4.78 is 16.8. The number of nitrogens with zero attached hydrogens (tertiary/aromatic N) is 7. The molecule has 0 aromatic carbocycles. The zero-order valence-corrected chi connectivity index (χ0v) is 20.6. The smallest absolute Gasteiger partial charge is 0.231 e. The Balaban J connectivity index is 1.42. The third kappa shape index (κ3) is 5.28. The molecule has 0 amide bonds. The molecule has 0 aliphatic carbocycles. The number of hydrogen-bond donors (Lipinski definition) is 2. The molecule has 12 heteroatoms. The maximum atomic E-state index is 5.93. The number of H-pyrrole nitrogens is 1. The van der Waals surface area contributed by atoms with E-state index in [1.54, 1.807) is 25.6 Å². The molecule has 2 N–H and O–H groups in total. The first-order valence-electron chi connectivity index (χ1n) is 11.9. The number of rotatable bonds is 10. The first-order valence-corrected chi connectivity index (χ1v) is 11.9. The molecular weight excluding hydrogens is 462 g/mol. The molecule has 0 saturated carbocycles. The van der Waals surface area contributed by atoms with E-state index < -0.39 is 0 Å². The van der Waals surface area contributed by atoms with E-state index >= 15 is 0 Å². The minimum absolute atomic E-state index is 0.0625. The van der Waals surface area contributed by atoms with E-state index in [4.69, 9.17) is 24.0 Å². The molecule has 4 aromatic rings. The molecule has 0 spiro atoms. The van der Waals surface area contributed by atoms with Crippen LogP contribution in [0.15, 0.2) is 35.1 Å². The van der Waals surface area contributed by atoms with Crippen molar-refractivity contribution >= 4 is 17.6 Å². The van der Waals surface area contributed by atoms with Gasteiger partial charge in [-0.1, -0.05) is 5.16 Å². The van der Waals surface area contributed by atoms with Crippen molar-refractivity contribution in [1.82, 2.24) is 35.3 Å². The molecule has 0 radical (unpaired) electrons. The maximum absolute atomic E-state index is 5.93. The Bertz CT molecular complexity index is 1310. The highest BCUT2D eigenvalue weighted by Gasteiger charge is 2.32. The van der Waals surface area contributed by atoms with Crippen LogP contribution < -0.4 is 15.0 Å². The van der Waals surface area contributed by atoms with Crippen LogP contribution in [0.3, 0.4) is 0 Å². The molecule has 5 rings (SSSR count). The van der Waals surface area contributed by atoms with Crippen molar-refractivity contribution in [1.29, 1.82) is 0 Å². The van der Waals surface area contributed by atoms with E-state index in [1.165, 1.54) is 0 Å². The van der Waals surface area contributed by atoms with Gasteiger partial charge in [-0.15, -0.1) is 0 Å². The molecule has 4 aromatic heterocycles. The Morgan fingerprint density at radius 1 is 1.11 bits per heavy atom. The lowest BCUT2D eigenvalue weighted by Gasteiger charge is -2.23. The Morgan fingerprint density at radius 2 is 2.00 bits per heavy atom. The topological polar surface area (TPSA) is 140 Å². The number of nitrogens with one attached hydrogen (secondary N) is 2. The quantitative estimate of drug-likeness (QED) is 0.313. The molecule has 0 unspecified atom stereocenters. The average Bonchev–Trinajstić information content (AvgIpc) is 3.63. The number of ether oxygens (including phenoxy) is 2. The molecule has 1 aliphatic rings. The van der Waals surface area contributed by atoms with E-state index in [0.29, 0.717) is 48.1 Å². The SMILES string of the molecule is COCCCOc1cc(Nc2cc(C)[nH]n2)nc(N2CCC[C@H]2c2cc(-c3nccnc3C)no2)n1. The van der Waals surface area contributed by atoms with Crippen LogP contribution in [-0.2, 0) is 4.74 Å². The van der Waals surface area contributed by atoms with Crippen molar-refractivity contribution in [2.24, 2.45) is 0 Å². The van der Waals surface area contributed by atoms with Crippen molar-refractivity contribution in [3.8, 4) is 17.3 Å². The third-order valence-electron chi connectivity index (χ3n) is 5.89. The molecule has 1 saturated heterocycles. The zero-order chi connectivity index (χ0) is 24.9. The normalized spacial score (nSPS) is 15.4. The number of aromatic amines is 1. The zero-order valence-electron chi connectivity index (χ0n) is 20.6. The van der Waals surface area contributed by atoms with Gasteiger partial charge in [0, 0.05) is 63.0 Å². The van der Waals surface area contributed by atoms with Crippen LogP contribution >= 0.6 is 0 Å². The van der Waals surface area contributed by atoms with Gasteiger partial charge in [-0.3, -0.25) is 15.1 Å². The lowest BCUT2D eigenvalue weighted by Crippen LogP contribution is -2.25. The first kappa shape index (κ1) is 23.7. The summed E-state index contributed by atoms with van der Waals surface area (Å²) in [6.45, 7) is 5.72. The Labute approximate surface area is 208 Å². The van der Waals surface area contributed by atoms with E-state index in [1.807, 2.05) is 26.0 Å². The summed E-state index contributed by atoms with van der Waals surface area (Å²) in [5.74, 6) is 3.02. The second-order valence-corrected chi connectivity index (χ2v) is 8.60. The van der Waals surface area contributed by atoms with Crippen LogP contribution in [0.1, 0.15) is 42.5 Å². The van der Waals surface area contributed by atoms with Gasteiger partial charge >= 0.3 is 0 Å². The summed E-state index contributed by atoms with van der Waals surface area (Å²) in [6.07, 6.45) is 5.92. The Morgan fingerprint density at radius 3 is 2.81 bits per heavy atom. The number of methoxy groups -OCH3 is 1. The van der Waals surface area contributed by atoms with Crippen LogP contribution in [0.4, 0.5) is 17.6 Å². The van der Waals surface area contributed by atoms with Crippen LogP contribution in [0, 0.1) is 13.8 Å². The van der Waals surface area contributed by atoms with Gasteiger partial charge in [0.2, 0.25) is 11.8 Å². The predicted molar refractivity (Wildman–Crippen MR) is 132 cm³/mol. The molecule has 1 aliphatic heterocycles. The maximum Gasteiger partial charge on any atom is 0.231 e. The van der Waals surface area contributed by atoms with E-state index in [0.717, 1.165) is 43.0 Å². The fourth-order valence-corrected chi connectivity index (χ4v) is 4.19. The molecule has 1 fully saturated rings. The molecule has 0 bridgehead atoms. The predicted octanol–water partition coefficient (Wildman–Crippen LogP) is 3.76. The average molecular weight is 492 g/mol. The second kappa shape index (κ2) is 10.7. The summed E-state index contributed by atoms with van der Waals surface area (Å²) in [7, 11) is 1.67. The Hall–Kier alpha value is -4.06. The van der Waals surface area contributed by atoms with Crippen LogP contribution in [0.5, 0.6) is 5.88 Å². The molecule has 36 heavy (non-hydrogen) atoms. The van der Waals surface area contributed by atoms with Crippen LogP contribution in [0.2, 0.25) is 0 Å². The number of hydrogen-bond acceptors (Lipinski definition) is 11. The number of aryl methyl sites for hydroxylation is 2. The number of aromatic nitrogens is 7. The molecule has 5 heterocycles. The Kier molecular flexibility index (Phi) is 7.03. The minimum atomic E-state index is -0.0625. The molecule has 188 valence electrons. The van der Waals surface area contributed by atoms with E-state index in [9.17, 15) is 0 Å². The summed E-state index contributed by atoms with van der Waals surface area (Å²) in [5.41, 5.74) is 3.11. The standard InChI is InChI=1S/C24H29N9O3/c1-15-12-21(31-30-15)27-20-14-22(35-11-5-10-34-3)29-24(28-20)33-9-4-6-18(33)19-13-17(32-36-19)23-16(2)25-7-8-26-23/h7-8,12-14,18H,4-6,9-11H2,1-3H3,(H2,27,28,29,30,31)/t18-/m0/s1. The summed E-state index contributed by atoms with van der Waals surface area (Å²) >= 11 is 0. The fourth-order valence-electron chi connectivity index (χ4n) is 4.19. The van der Waals surface area contributed by atoms with Gasteiger partial charge in [-0.05, 0) is 26.7 Å². The van der Waals surface area contributed by atoms with Gasteiger partial charge in [0.25, 0.3) is 0 Å². The van der Waals surface area contributed by atoms with Gasteiger partial charge in [0.15, 0.2) is 11.6 Å². The van der Waals surface area contributed by atoms with Crippen molar-refractivity contribution in [2.45, 2.75) is 39.2 Å². The van der Waals surface area contributed by atoms with E-state index in [2.05, 4.69) is 35.5 Å². The van der Waals surface area contributed by atoms with Crippen molar-refractivity contribution < 1.29 is 14.0 Å². The highest BCUT2D eigenvalue weighted by molar-refractivity contribution is 5.58. The highest BCUT2D eigenvalue weighted by atomic mass is 16.5. The summed E-state index contributed by atoms with van der Waals surface area (Å²) in [6, 6.07) is 5.54.